The second-order valence-corrected chi connectivity index (χ2v) is 10.4. The predicted octanol–water partition coefficient (Wildman–Crippen LogP) is 2.65. The molecule has 2 aliphatic carbocycles. The minimum absolute atomic E-state index is 0.0387. The third-order valence-electron chi connectivity index (χ3n) is 7.42. The number of ketones is 1. The molecular weight excluding hydrogens is 480 g/mol. The molecule has 1 unspecified atom stereocenters. The lowest BCUT2D eigenvalue weighted by molar-refractivity contribution is 0.0375. The van der Waals surface area contributed by atoms with Crippen LogP contribution in [0.3, 0.4) is 0 Å². The third kappa shape index (κ3) is 6.40. The smallest absolute Gasteiger partial charge is 0.251 e. The van der Waals surface area contributed by atoms with Crippen LogP contribution in [0.1, 0.15) is 52.0 Å². The summed E-state index contributed by atoms with van der Waals surface area (Å²) in [4.78, 5) is 28.4. The van der Waals surface area contributed by atoms with E-state index in [1.165, 1.54) is 0 Å². The van der Waals surface area contributed by atoms with Crippen LogP contribution in [-0.4, -0.2) is 78.4 Å². The normalized spacial score (nSPS) is 19.8. The number of aryl methyl sites for hydroxylation is 1. The number of aromatic nitrogens is 2. The Balaban J connectivity index is 1.20. The lowest BCUT2D eigenvalue weighted by Crippen LogP contribution is -2.37. The molecule has 0 bridgehead atoms. The first-order valence-electron chi connectivity index (χ1n) is 13.7. The first-order valence-corrected chi connectivity index (χ1v) is 13.7. The minimum Gasteiger partial charge on any atom is -0.383 e. The molecular formula is C29H38N6O3. The van der Waals surface area contributed by atoms with Crippen molar-refractivity contribution in [2.24, 2.45) is 5.92 Å². The Hall–Kier alpha value is -3.27. The molecule has 1 aromatic heterocycles. The molecule has 5 rings (SSSR count). The highest BCUT2D eigenvalue weighted by Crippen LogP contribution is 2.27. The molecule has 1 atom stereocenters. The topological polar surface area (TPSA) is 115 Å². The van der Waals surface area contributed by atoms with Gasteiger partial charge in [-0.2, -0.15) is 5.10 Å². The molecule has 9 heteroatoms. The number of hydrogen-bond acceptors (Lipinski definition) is 7. The fourth-order valence-electron chi connectivity index (χ4n) is 4.95. The number of Topliss-reactive ketones (excluding diaryl/α,β-unsaturated/α-hetero) is 1. The maximum atomic E-state index is 13.4. The number of benzene rings is 1. The number of amides is 1. The summed E-state index contributed by atoms with van der Waals surface area (Å²) >= 11 is 0. The number of carbonyl (C=O) groups is 2. The van der Waals surface area contributed by atoms with E-state index in [4.69, 9.17) is 10.5 Å². The Labute approximate surface area is 224 Å². The van der Waals surface area contributed by atoms with Crippen molar-refractivity contribution in [2.75, 3.05) is 51.7 Å². The quantitative estimate of drug-likeness (QED) is 0.310. The summed E-state index contributed by atoms with van der Waals surface area (Å²) in [5.74, 6) is -0.120. The van der Waals surface area contributed by atoms with Crippen LogP contribution < -0.4 is 16.4 Å². The van der Waals surface area contributed by atoms with Crippen molar-refractivity contribution < 1.29 is 14.3 Å². The van der Waals surface area contributed by atoms with Crippen LogP contribution in [0, 0.1) is 12.8 Å². The molecule has 2 heterocycles. The standard InChI is InChI=1S/C29H38N6O3/c1-20-6-7-23(29(37)33-24-8-9-24)17-26(20)35-28(30)25(19-32-35)27(36)22-5-2-4-21(16-22)18-31-10-3-11-34-12-14-38-15-13-34/h2,4,6-7,16-17,19,22,24,31H,3,5,8-15,18,30H2,1H3,(H,33,37). The highest BCUT2D eigenvalue weighted by molar-refractivity contribution is 6.03. The van der Waals surface area contributed by atoms with Gasteiger partial charge in [0.05, 0.1) is 30.7 Å². The molecule has 4 N–H and O–H groups in total. The molecule has 0 radical (unpaired) electrons. The van der Waals surface area contributed by atoms with Crippen molar-refractivity contribution in [3.05, 3.63) is 64.9 Å². The maximum Gasteiger partial charge on any atom is 0.251 e. The minimum atomic E-state index is -0.276. The zero-order chi connectivity index (χ0) is 26.5. The van der Waals surface area contributed by atoms with Crippen LogP contribution in [0.4, 0.5) is 5.82 Å². The van der Waals surface area contributed by atoms with Crippen LogP contribution >= 0.6 is 0 Å². The first-order chi connectivity index (χ1) is 18.5. The van der Waals surface area contributed by atoms with Crippen LogP contribution in [0.15, 0.2) is 48.2 Å². The van der Waals surface area contributed by atoms with Gasteiger partial charge < -0.3 is 21.1 Å². The molecule has 2 aromatic rings. The average molecular weight is 519 g/mol. The SMILES string of the molecule is Cc1ccc(C(=O)NC2CC2)cc1-n1ncc(C(=O)C2C=C(CNCCCN3CCOCC3)C=CC2)c1N. The maximum absolute atomic E-state index is 13.4. The van der Waals surface area contributed by atoms with Gasteiger partial charge in [-0.3, -0.25) is 14.5 Å². The molecule has 1 aliphatic heterocycles. The van der Waals surface area contributed by atoms with Gasteiger partial charge in [-0.1, -0.05) is 24.3 Å². The summed E-state index contributed by atoms with van der Waals surface area (Å²) in [6, 6.07) is 5.75. The van der Waals surface area contributed by atoms with Crippen molar-refractivity contribution >= 4 is 17.5 Å². The number of nitrogen functional groups attached to an aromatic ring is 1. The Kier molecular flexibility index (Phi) is 8.36. The van der Waals surface area contributed by atoms with Gasteiger partial charge in [0.25, 0.3) is 5.91 Å². The van der Waals surface area contributed by atoms with Crippen LogP contribution in [0.2, 0.25) is 0 Å². The molecule has 1 saturated carbocycles. The van der Waals surface area contributed by atoms with Gasteiger partial charge in [-0.15, -0.1) is 0 Å². The van der Waals surface area contributed by atoms with Crippen molar-refractivity contribution in [3.63, 3.8) is 0 Å². The van der Waals surface area contributed by atoms with Crippen molar-refractivity contribution in [3.8, 4) is 5.69 Å². The molecule has 9 nitrogen and oxygen atoms in total. The van der Waals surface area contributed by atoms with Crippen LogP contribution in [-0.2, 0) is 4.74 Å². The highest BCUT2D eigenvalue weighted by Gasteiger charge is 2.26. The molecule has 1 saturated heterocycles. The van der Waals surface area contributed by atoms with Gasteiger partial charge in [0.15, 0.2) is 5.78 Å². The Morgan fingerprint density at radius 1 is 1.21 bits per heavy atom. The lowest BCUT2D eigenvalue weighted by Gasteiger charge is -2.26. The number of rotatable bonds is 11. The average Bonchev–Trinajstić information content (AvgIpc) is 3.67. The number of anilines is 1. The Morgan fingerprint density at radius 3 is 2.82 bits per heavy atom. The van der Waals surface area contributed by atoms with E-state index in [1.807, 2.05) is 19.1 Å². The summed E-state index contributed by atoms with van der Waals surface area (Å²) in [6.45, 7) is 8.35. The number of nitrogens with two attached hydrogens (primary N) is 1. The van der Waals surface area contributed by atoms with E-state index < -0.39 is 0 Å². The molecule has 1 aromatic carbocycles. The fourth-order valence-corrected chi connectivity index (χ4v) is 4.95. The number of nitrogens with zero attached hydrogens (tertiary/aromatic N) is 3. The molecule has 202 valence electrons. The number of allylic oxidation sites excluding steroid dienone is 2. The van der Waals surface area contributed by atoms with Crippen molar-refractivity contribution in [1.82, 2.24) is 25.3 Å². The van der Waals surface area contributed by atoms with E-state index in [0.717, 1.165) is 76.3 Å². The van der Waals surface area contributed by atoms with E-state index in [9.17, 15) is 9.59 Å². The zero-order valence-corrected chi connectivity index (χ0v) is 22.1. The van der Waals surface area contributed by atoms with E-state index in [2.05, 4.69) is 32.8 Å². The summed E-state index contributed by atoms with van der Waals surface area (Å²) in [5, 5.41) is 11.0. The lowest BCUT2D eigenvalue weighted by atomic mass is 9.90. The number of hydrogen-bond donors (Lipinski definition) is 3. The van der Waals surface area contributed by atoms with Crippen LogP contribution in [0.25, 0.3) is 5.69 Å². The zero-order valence-electron chi connectivity index (χ0n) is 22.1. The summed E-state index contributed by atoms with van der Waals surface area (Å²) in [5.41, 5.74) is 10.2. The molecule has 2 fully saturated rings. The van der Waals surface area contributed by atoms with Gasteiger partial charge in [-0.25, -0.2) is 4.68 Å². The van der Waals surface area contributed by atoms with E-state index in [0.29, 0.717) is 29.1 Å². The monoisotopic (exact) mass is 518 g/mol. The molecule has 0 spiro atoms. The fraction of sp³-hybridized carbons (Fsp3) is 0.483. The highest BCUT2D eigenvalue weighted by atomic mass is 16.5. The predicted molar refractivity (Wildman–Crippen MR) is 148 cm³/mol. The van der Waals surface area contributed by atoms with E-state index >= 15 is 0 Å². The third-order valence-corrected chi connectivity index (χ3v) is 7.42. The number of carbonyl (C=O) groups excluding carboxylic acids is 2. The van der Waals surface area contributed by atoms with Gasteiger partial charge in [0.2, 0.25) is 0 Å². The largest absolute Gasteiger partial charge is 0.383 e. The molecule has 3 aliphatic rings. The van der Waals surface area contributed by atoms with Gasteiger partial charge in [0.1, 0.15) is 5.82 Å². The summed E-state index contributed by atoms with van der Waals surface area (Å²) in [6.07, 6.45) is 11.5. The number of morpholine rings is 1. The van der Waals surface area contributed by atoms with E-state index in [1.54, 1.807) is 23.0 Å². The second-order valence-electron chi connectivity index (χ2n) is 10.4. The molecule has 38 heavy (non-hydrogen) atoms. The van der Waals surface area contributed by atoms with Crippen molar-refractivity contribution in [2.45, 2.75) is 38.6 Å². The molecule has 1 amide bonds. The Bertz CT molecular complexity index is 1220. The number of ether oxygens (including phenoxy) is 1. The van der Waals surface area contributed by atoms with E-state index in [-0.39, 0.29) is 23.7 Å². The second kappa shape index (κ2) is 12.1. The van der Waals surface area contributed by atoms with Gasteiger partial charge in [0, 0.05) is 37.2 Å². The number of nitrogens with one attached hydrogen (secondary N) is 2. The van der Waals surface area contributed by atoms with Gasteiger partial charge >= 0.3 is 0 Å². The summed E-state index contributed by atoms with van der Waals surface area (Å²) in [7, 11) is 0. The first kappa shape index (κ1) is 26.3. The van der Waals surface area contributed by atoms with Crippen molar-refractivity contribution in [1.29, 1.82) is 0 Å². The summed E-state index contributed by atoms with van der Waals surface area (Å²) < 4.78 is 6.97. The Morgan fingerprint density at radius 2 is 2.03 bits per heavy atom. The van der Waals surface area contributed by atoms with Crippen LogP contribution in [0.5, 0.6) is 0 Å². The van der Waals surface area contributed by atoms with Gasteiger partial charge in [-0.05, 0) is 69.0 Å².